The van der Waals surface area contributed by atoms with Gasteiger partial charge in [0.15, 0.2) is 5.82 Å². The summed E-state index contributed by atoms with van der Waals surface area (Å²) >= 11 is 0. The molecular formula is C18H24N6O2. The van der Waals surface area contributed by atoms with Crippen molar-refractivity contribution in [2.75, 3.05) is 44.1 Å². The van der Waals surface area contributed by atoms with Crippen LogP contribution in [0.4, 0.5) is 11.6 Å². The quantitative estimate of drug-likeness (QED) is 0.839. The van der Waals surface area contributed by atoms with Crippen LogP contribution in [0.25, 0.3) is 0 Å². The second-order valence-electron chi connectivity index (χ2n) is 6.36. The summed E-state index contributed by atoms with van der Waals surface area (Å²) < 4.78 is 5.18. The number of carbonyl (C=O) groups excluding carboxylic acids is 1. The van der Waals surface area contributed by atoms with Gasteiger partial charge in [0.25, 0.3) is 5.91 Å². The maximum Gasteiger partial charge on any atom is 0.321 e. The Morgan fingerprint density at radius 3 is 2.69 bits per heavy atom. The predicted octanol–water partition coefficient (Wildman–Crippen LogP) is 1.48. The van der Waals surface area contributed by atoms with E-state index >= 15 is 0 Å². The van der Waals surface area contributed by atoms with Crippen LogP contribution in [0.15, 0.2) is 24.3 Å². The molecule has 0 unspecified atom stereocenters. The molecule has 1 aliphatic rings. The van der Waals surface area contributed by atoms with E-state index in [1.165, 1.54) is 7.11 Å². The summed E-state index contributed by atoms with van der Waals surface area (Å²) in [4.78, 5) is 29.5. The molecule has 8 heteroatoms. The van der Waals surface area contributed by atoms with E-state index in [1.807, 2.05) is 37.2 Å². The van der Waals surface area contributed by atoms with Gasteiger partial charge >= 0.3 is 6.01 Å². The summed E-state index contributed by atoms with van der Waals surface area (Å²) in [6.45, 7) is 2.07. The summed E-state index contributed by atoms with van der Waals surface area (Å²) in [5.74, 6) is 0.917. The molecule has 2 heterocycles. The molecular weight excluding hydrogens is 332 g/mol. The van der Waals surface area contributed by atoms with E-state index in [0.717, 1.165) is 31.6 Å². The molecule has 1 saturated heterocycles. The number of aromatic nitrogens is 3. The van der Waals surface area contributed by atoms with E-state index < -0.39 is 0 Å². The van der Waals surface area contributed by atoms with Crippen LogP contribution in [-0.4, -0.2) is 55.2 Å². The highest BCUT2D eigenvalue weighted by atomic mass is 16.5. The van der Waals surface area contributed by atoms with Crippen molar-refractivity contribution in [1.82, 2.24) is 20.3 Å². The molecule has 138 valence electrons. The van der Waals surface area contributed by atoms with Crippen LogP contribution in [0.1, 0.15) is 29.0 Å². The lowest BCUT2D eigenvalue weighted by Gasteiger charge is -2.16. The summed E-state index contributed by atoms with van der Waals surface area (Å²) in [5, 5.41) is 2.87. The van der Waals surface area contributed by atoms with Gasteiger partial charge < -0.3 is 19.9 Å². The molecule has 1 aliphatic heterocycles. The third kappa shape index (κ3) is 4.19. The average molecular weight is 356 g/mol. The number of ether oxygens (including phenoxy) is 1. The van der Waals surface area contributed by atoms with Crippen molar-refractivity contribution in [2.45, 2.75) is 19.4 Å². The van der Waals surface area contributed by atoms with Gasteiger partial charge in [-0.1, -0.05) is 6.07 Å². The lowest BCUT2D eigenvalue weighted by atomic mass is 10.2. The number of nitrogens with zero attached hydrogens (tertiary/aromatic N) is 5. The van der Waals surface area contributed by atoms with Gasteiger partial charge in [0.1, 0.15) is 0 Å². The van der Waals surface area contributed by atoms with Crippen molar-refractivity contribution in [1.29, 1.82) is 0 Å². The summed E-state index contributed by atoms with van der Waals surface area (Å²) in [7, 11) is 5.40. The summed E-state index contributed by atoms with van der Waals surface area (Å²) in [6, 6.07) is 7.71. The molecule has 0 atom stereocenters. The molecule has 8 nitrogen and oxygen atoms in total. The lowest BCUT2D eigenvalue weighted by Crippen LogP contribution is -2.26. The Morgan fingerprint density at radius 2 is 2.00 bits per heavy atom. The van der Waals surface area contributed by atoms with Crippen LogP contribution in [-0.2, 0) is 6.54 Å². The number of hydrogen-bond donors (Lipinski definition) is 1. The molecule has 1 N–H and O–H groups in total. The molecule has 0 radical (unpaired) electrons. The van der Waals surface area contributed by atoms with Gasteiger partial charge in [-0.15, -0.1) is 0 Å². The molecule has 0 aliphatic carbocycles. The molecule has 26 heavy (non-hydrogen) atoms. The smallest absolute Gasteiger partial charge is 0.321 e. The summed E-state index contributed by atoms with van der Waals surface area (Å²) in [6.07, 6.45) is 2.25. The SMILES string of the molecule is COc1nc(CNC(=O)c2cccc(N(C)C)c2)nc(N2CCCC2)n1. The third-order valence-electron chi connectivity index (χ3n) is 4.25. The highest BCUT2D eigenvalue weighted by molar-refractivity contribution is 5.95. The summed E-state index contributed by atoms with van der Waals surface area (Å²) in [5.41, 5.74) is 1.56. The maximum atomic E-state index is 12.4. The van der Waals surface area contributed by atoms with Crippen molar-refractivity contribution < 1.29 is 9.53 Å². The molecule has 2 aromatic rings. The highest BCUT2D eigenvalue weighted by Crippen LogP contribution is 2.18. The Kier molecular flexibility index (Phi) is 5.50. The number of benzene rings is 1. The lowest BCUT2D eigenvalue weighted by molar-refractivity contribution is 0.0949. The number of methoxy groups -OCH3 is 1. The zero-order chi connectivity index (χ0) is 18.5. The van der Waals surface area contributed by atoms with E-state index in [9.17, 15) is 4.79 Å². The second-order valence-corrected chi connectivity index (χ2v) is 6.36. The highest BCUT2D eigenvalue weighted by Gasteiger charge is 2.18. The number of rotatable bonds is 6. The van der Waals surface area contributed by atoms with Crippen LogP contribution in [0, 0.1) is 0 Å². The monoisotopic (exact) mass is 356 g/mol. The van der Waals surface area contributed by atoms with Gasteiger partial charge in [-0.05, 0) is 31.0 Å². The first-order valence-electron chi connectivity index (χ1n) is 8.66. The van der Waals surface area contributed by atoms with E-state index in [1.54, 1.807) is 6.07 Å². The zero-order valence-corrected chi connectivity index (χ0v) is 15.4. The van der Waals surface area contributed by atoms with Crippen molar-refractivity contribution in [2.24, 2.45) is 0 Å². The third-order valence-corrected chi connectivity index (χ3v) is 4.25. The van der Waals surface area contributed by atoms with E-state index in [2.05, 4.69) is 25.2 Å². The van der Waals surface area contributed by atoms with Gasteiger partial charge in [0.2, 0.25) is 5.95 Å². The van der Waals surface area contributed by atoms with Crippen LogP contribution in [0.2, 0.25) is 0 Å². The van der Waals surface area contributed by atoms with Gasteiger partial charge in [0, 0.05) is 38.4 Å². The first-order valence-corrected chi connectivity index (χ1v) is 8.66. The predicted molar refractivity (Wildman–Crippen MR) is 99.8 cm³/mol. The first-order chi connectivity index (χ1) is 12.6. The van der Waals surface area contributed by atoms with Crippen molar-refractivity contribution >= 4 is 17.5 Å². The minimum absolute atomic E-state index is 0.171. The Morgan fingerprint density at radius 1 is 1.23 bits per heavy atom. The van der Waals surface area contributed by atoms with E-state index in [-0.39, 0.29) is 18.5 Å². The Bertz CT molecular complexity index is 774. The number of nitrogens with one attached hydrogen (secondary N) is 1. The van der Waals surface area contributed by atoms with Crippen LogP contribution in [0.3, 0.4) is 0 Å². The zero-order valence-electron chi connectivity index (χ0n) is 15.4. The van der Waals surface area contributed by atoms with Gasteiger partial charge in [0.05, 0.1) is 13.7 Å². The minimum atomic E-state index is -0.171. The Balaban J connectivity index is 1.71. The van der Waals surface area contributed by atoms with Crippen molar-refractivity contribution in [3.8, 4) is 6.01 Å². The molecule has 0 bridgehead atoms. The number of hydrogen-bond acceptors (Lipinski definition) is 7. The van der Waals surface area contributed by atoms with Crippen molar-refractivity contribution in [3.05, 3.63) is 35.7 Å². The van der Waals surface area contributed by atoms with Crippen LogP contribution >= 0.6 is 0 Å². The molecule has 3 rings (SSSR count). The van der Waals surface area contributed by atoms with Crippen molar-refractivity contribution in [3.63, 3.8) is 0 Å². The van der Waals surface area contributed by atoms with Gasteiger partial charge in [-0.3, -0.25) is 4.79 Å². The number of anilines is 2. The van der Waals surface area contributed by atoms with Gasteiger partial charge in [-0.25, -0.2) is 0 Å². The molecule has 0 saturated carbocycles. The Labute approximate surface area is 153 Å². The first kappa shape index (κ1) is 17.9. The van der Waals surface area contributed by atoms with E-state index in [4.69, 9.17) is 4.74 Å². The normalized spacial score (nSPS) is 13.6. The largest absolute Gasteiger partial charge is 0.467 e. The standard InChI is InChI=1S/C18H24N6O2/c1-23(2)14-8-6-7-13(11-14)16(25)19-12-15-20-17(22-18(21-15)26-3)24-9-4-5-10-24/h6-8,11H,4-5,9-10,12H2,1-3H3,(H,19,25). The van der Waals surface area contributed by atoms with Crippen LogP contribution < -0.4 is 19.9 Å². The fraction of sp³-hybridized carbons (Fsp3) is 0.444. The minimum Gasteiger partial charge on any atom is -0.467 e. The molecule has 1 aromatic carbocycles. The molecule has 1 aromatic heterocycles. The van der Waals surface area contributed by atoms with E-state index in [0.29, 0.717) is 17.3 Å². The topological polar surface area (TPSA) is 83.5 Å². The molecule has 0 spiro atoms. The average Bonchev–Trinajstić information content (AvgIpc) is 3.20. The second kappa shape index (κ2) is 7.99. The number of carbonyl (C=O) groups is 1. The maximum absolute atomic E-state index is 12.4. The molecule has 1 fully saturated rings. The number of amides is 1. The van der Waals surface area contributed by atoms with Crippen LogP contribution in [0.5, 0.6) is 6.01 Å². The Hall–Kier alpha value is -2.90. The molecule has 1 amide bonds. The fourth-order valence-electron chi connectivity index (χ4n) is 2.80. The van der Waals surface area contributed by atoms with Gasteiger partial charge in [-0.2, -0.15) is 15.0 Å². The fourth-order valence-corrected chi connectivity index (χ4v) is 2.80.